The van der Waals surface area contributed by atoms with Crippen molar-refractivity contribution in [3.63, 3.8) is 0 Å². The Bertz CT molecular complexity index is 289. The van der Waals surface area contributed by atoms with Gasteiger partial charge in [-0.3, -0.25) is 4.84 Å². The van der Waals surface area contributed by atoms with Crippen LogP contribution in [0.25, 0.3) is 0 Å². The second kappa shape index (κ2) is 6.02. The lowest BCUT2D eigenvalue weighted by atomic mass is 10.1. The van der Waals surface area contributed by atoms with E-state index >= 15 is 0 Å². The second-order valence-corrected chi connectivity index (χ2v) is 5.13. The topological polar surface area (TPSA) is 21.3 Å². The normalized spacial score (nSPS) is 13.8. The Morgan fingerprint density at radius 3 is 2.31 bits per heavy atom. The molecule has 2 nitrogen and oxygen atoms in total. The van der Waals surface area contributed by atoms with E-state index in [0.717, 1.165) is 12.8 Å². The highest BCUT2D eigenvalue weighted by molar-refractivity contribution is 5.15. The first-order valence-corrected chi connectivity index (χ1v) is 5.98. The minimum atomic E-state index is -0.135. The molecular weight excluding hydrogens is 198 g/mol. The van der Waals surface area contributed by atoms with E-state index in [1.807, 2.05) is 6.07 Å². The van der Waals surface area contributed by atoms with E-state index in [-0.39, 0.29) is 5.60 Å². The van der Waals surface area contributed by atoms with E-state index in [9.17, 15) is 0 Å². The maximum atomic E-state index is 5.60. The predicted octanol–water partition coefficient (Wildman–Crippen LogP) is 3.33. The molecule has 90 valence electrons. The van der Waals surface area contributed by atoms with Crippen LogP contribution < -0.4 is 5.48 Å². The lowest BCUT2D eigenvalue weighted by molar-refractivity contribution is -0.0886. The average Bonchev–Trinajstić information content (AvgIpc) is 2.24. The third kappa shape index (κ3) is 5.29. The van der Waals surface area contributed by atoms with Crippen LogP contribution in [0.4, 0.5) is 0 Å². The molecule has 0 heterocycles. The molecule has 1 aromatic rings. The molecule has 0 saturated carbocycles. The van der Waals surface area contributed by atoms with Crippen molar-refractivity contribution in [2.24, 2.45) is 0 Å². The molecule has 0 fully saturated rings. The molecule has 0 bridgehead atoms. The predicted molar refractivity (Wildman–Crippen MR) is 68.2 cm³/mol. The Morgan fingerprint density at radius 1 is 1.19 bits per heavy atom. The third-order valence-electron chi connectivity index (χ3n) is 2.35. The molecule has 1 aromatic carbocycles. The van der Waals surface area contributed by atoms with Crippen molar-refractivity contribution >= 4 is 0 Å². The maximum absolute atomic E-state index is 5.60. The van der Waals surface area contributed by atoms with Crippen LogP contribution in [-0.4, -0.2) is 11.6 Å². The van der Waals surface area contributed by atoms with Gasteiger partial charge < -0.3 is 0 Å². The fourth-order valence-electron chi connectivity index (χ4n) is 1.43. The van der Waals surface area contributed by atoms with Gasteiger partial charge in [-0.1, -0.05) is 37.3 Å². The van der Waals surface area contributed by atoms with Gasteiger partial charge in [-0.2, -0.15) is 5.48 Å². The Hall–Kier alpha value is -0.860. The van der Waals surface area contributed by atoms with Crippen LogP contribution >= 0.6 is 0 Å². The molecule has 0 radical (unpaired) electrons. The lowest BCUT2D eigenvalue weighted by Crippen LogP contribution is -2.37. The standard InChI is InChI=1S/C14H23NO/c1-5-13(15-16-14(2,3)4)11-12-9-7-6-8-10-12/h6-10,13,15H,5,11H2,1-4H3. The first-order valence-electron chi connectivity index (χ1n) is 5.98. The third-order valence-corrected chi connectivity index (χ3v) is 2.35. The molecular formula is C14H23NO. The number of rotatable bonds is 5. The van der Waals surface area contributed by atoms with Crippen molar-refractivity contribution in [3.05, 3.63) is 35.9 Å². The maximum Gasteiger partial charge on any atom is 0.0813 e. The van der Waals surface area contributed by atoms with Gasteiger partial charge in [0.2, 0.25) is 0 Å². The zero-order valence-corrected chi connectivity index (χ0v) is 10.8. The van der Waals surface area contributed by atoms with E-state index in [0.29, 0.717) is 6.04 Å². The van der Waals surface area contributed by atoms with Gasteiger partial charge in [0.25, 0.3) is 0 Å². The molecule has 0 saturated heterocycles. The summed E-state index contributed by atoms with van der Waals surface area (Å²) in [6, 6.07) is 10.9. The largest absolute Gasteiger partial charge is 0.296 e. The summed E-state index contributed by atoms with van der Waals surface area (Å²) >= 11 is 0. The Balaban J connectivity index is 2.44. The van der Waals surface area contributed by atoms with Gasteiger partial charge in [-0.05, 0) is 39.2 Å². The molecule has 0 aliphatic heterocycles. The van der Waals surface area contributed by atoms with E-state index in [1.165, 1.54) is 5.56 Å². The molecule has 1 N–H and O–H groups in total. The van der Waals surface area contributed by atoms with Crippen LogP contribution in [0.15, 0.2) is 30.3 Å². The SMILES string of the molecule is CCC(Cc1ccccc1)NOC(C)(C)C. The van der Waals surface area contributed by atoms with Crippen molar-refractivity contribution in [1.29, 1.82) is 0 Å². The van der Waals surface area contributed by atoms with E-state index in [4.69, 9.17) is 4.84 Å². The molecule has 16 heavy (non-hydrogen) atoms. The fraction of sp³-hybridized carbons (Fsp3) is 0.571. The minimum absolute atomic E-state index is 0.135. The molecule has 0 amide bonds. The van der Waals surface area contributed by atoms with E-state index in [1.54, 1.807) is 0 Å². The van der Waals surface area contributed by atoms with Crippen molar-refractivity contribution in [2.45, 2.75) is 52.2 Å². The minimum Gasteiger partial charge on any atom is -0.296 e. The number of hydroxylamine groups is 1. The Labute approximate surface area is 99.0 Å². The number of hydrogen-bond acceptors (Lipinski definition) is 2. The summed E-state index contributed by atoms with van der Waals surface area (Å²) in [6.45, 7) is 8.33. The summed E-state index contributed by atoms with van der Waals surface area (Å²) < 4.78 is 0. The van der Waals surface area contributed by atoms with E-state index < -0.39 is 0 Å². The summed E-state index contributed by atoms with van der Waals surface area (Å²) in [5.74, 6) is 0. The van der Waals surface area contributed by atoms with Gasteiger partial charge in [-0.15, -0.1) is 0 Å². The Kier molecular flexibility index (Phi) is 4.97. The van der Waals surface area contributed by atoms with Crippen LogP contribution in [0, 0.1) is 0 Å². The highest BCUT2D eigenvalue weighted by Crippen LogP contribution is 2.09. The van der Waals surface area contributed by atoms with Gasteiger partial charge in [0.05, 0.1) is 5.60 Å². The highest BCUT2D eigenvalue weighted by Gasteiger charge is 2.14. The molecule has 1 atom stereocenters. The lowest BCUT2D eigenvalue weighted by Gasteiger charge is -2.24. The quantitative estimate of drug-likeness (QED) is 0.770. The number of nitrogens with one attached hydrogen (secondary N) is 1. The van der Waals surface area contributed by atoms with Crippen molar-refractivity contribution in [2.75, 3.05) is 0 Å². The van der Waals surface area contributed by atoms with Gasteiger partial charge in [-0.25, -0.2) is 0 Å². The second-order valence-electron chi connectivity index (χ2n) is 5.13. The molecule has 1 unspecified atom stereocenters. The van der Waals surface area contributed by atoms with Crippen molar-refractivity contribution < 1.29 is 4.84 Å². The van der Waals surface area contributed by atoms with Crippen LogP contribution in [0.2, 0.25) is 0 Å². The summed E-state index contributed by atoms with van der Waals surface area (Å²) in [4.78, 5) is 5.60. The fourth-order valence-corrected chi connectivity index (χ4v) is 1.43. The molecule has 1 rings (SSSR count). The summed E-state index contributed by atoms with van der Waals surface area (Å²) in [6.07, 6.45) is 2.07. The molecule has 0 aromatic heterocycles. The molecule has 2 heteroatoms. The van der Waals surface area contributed by atoms with Gasteiger partial charge >= 0.3 is 0 Å². The van der Waals surface area contributed by atoms with Crippen LogP contribution in [-0.2, 0) is 11.3 Å². The van der Waals surface area contributed by atoms with Crippen molar-refractivity contribution in [1.82, 2.24) is 5.48 Å². The van der Waals surface area contributed by atoms with Crippen LogP contribution in [0.5, 0.6) is 0 Å². The monoisotopic (exact) mass is 221 g/mol. The van der Waals surface area contributed by atoms with E-state index in [2.05, 4.69) is 57.4 Å². The summed E-state index contributed by atoms with van der Waals surface area (Å²) in [7, 11) is 0. The Morgan fingerprint density at radius 2 is 1.81 bits per heavy atom. The van der Waals surface area contributed by atoms with Gasteiger partial charge in [0.15, 0.2) is 0 Å². The van der Waals surface area contributed by atoms with Crippen LogP contribution in [0.3, 0.4) is 0 Å². The average molecular weight is 221 g/mol. The molecule has 0 aliphatic carbocycles. The number of hydrogen-bond donors (Lipinski definition) is 1. The molecule has 0 spiro atoms. The smallest absolute Gasteiger partial charge is 0.0813 e. The summed E-state index contributed by atoms with van der Waals surface area (Å²) in [5, 5.41) is 0. The molecule has 0 aliphatic rings. The highest BCUT2D eigenvalue weighted by atomic mass is 16.7. The first kappa shape index (κ1) is 13.2. The number of benzene rings is 1. The van der Waals surface area contributed by atoms with Gasteiger partial charge in [0, 0.05) is 6.04 Å². The summed E-state index contributed by atoms with van der Waals surface area (Å²) in [5.41, 5.74) is 4.37. The zero-order valence-electron chi connectivity index (χ0n) is 10.8. The van der Waals surface area contributed by atoms with Crippen LogP contribution in [0.1, 0.15) is 39.7 Å². The van der Waals surface area contributed by atoms with Gasteiger partial charge in [0.1, 0.15) is 0 Å². The van der Waals surface area contributed by atoms with Crippen molar-refractivity contribution in [3.8, 4) is 0 Å². The first-order chi connectivity index (χ1) is 7.51. The zero-order chi connectivity index (χ0) is 12.0.